The number of hydrogen-bond acceptors (Lipinski definition) is 6. The minimum Gasteiger partial charge on any atom is -0.485 e. The maximum atomic E-state index is 6.75. The largest absolute Gasteiger partial charge is 0.485 e. The van der Waals surface area contributed by atoms with Gasteiger partial charge in [-0.3, -0.25) is 0 Å². The van der Waals surface area contributed by atoms with Crippen LogP contribution in [0.15, 0.2) is 205 Å². The molecular weight excluding hydrogens is 791 g/mol. The van der Waals surface area contributed by atoms with Crippen LogP contribution in [0.3, 0.4) is 0 Å². The summed E-state index contributed by atoms with van der Waals surface area (Å²) in [6.07, 6.45) is 6.16. The summed E-state index contributed by atoms with van der Waals surface area (Å²) in [4.78, 5) is 15.8. The molecule has 296 valence electrons. The summed E-state index contributed by atoms with van der Waals surface area (Å²) in [5.41, 5.74) is 12.5. The Kier molecular flexibility index (Phi) is 8.14. The summed E-state index contributed by atoms with van der Waals surface area (Å²) in [7, 11) is 0. The molecule has 11 aromatic rings. The second kappa shape index (κ2) is 14.3. The first-order valence-electron chi connectivity index (χ1n) is 21.2. The molecular formula is C57H35N3O2S. The zero-order valence-electron chi connectivity index (χ0n) is 33.8. The molecule has 5 nitrogen and oxygen atoms in total. The molecule has 13 rings (SSSR count). The third-order valence-electron chi connectivity index (χ3n) is 12.5. The molecule has 4 heterocycles. The number of thiophene rings is 1. The number of rotatable bonds is 6. The Labute approximate surface area is 367 Å². The Bertz CT molecular complexity index is 3680. The summed E-state index contributed by atoms with van der Waals surface area (Å²) in [5, 5.41) is 4.67. The number of ether oxygens (including phenoxy) is 1. The van der Waals surface area contributed by atoms with Crippen LogP contribution in [0.25, 0.3) is 104 Å². The number of nitrogens with zero attached hydrogens (tertiary/aromatic N) is 3. The molecule has 0 saturated carbocycles. The second-order valence-electron chi connectivity index (χ2n) is 16.3. The molecule has 2 unspecified atom stereocenters. The maximum absolute atomic E-state index is 6.75. The van der Waals surface area contributed by atoms with Gasteiger partial charge in [-0.25, -0.2) is 15.0 Å². The molecule has 0 fully saturated rings. The molecule has 2 atom stereocenters. The number of furan rings is 1. The fourth-order valence-electron chi connectivity index (χ4n) is 9.40. The van der Waals surface area contributed by atoms with Crippen LogP contribution in [-0.4, -0.2) is 21.1 Å². The third kappa shape index (κ3) is 6.10. The molecule has 6 heteroatoms. The lowest BCUT2D eigenvalue weighted by molar-refractivity contribution is 0.271. The normalized spacial score (nSPS) is 15.5. The van der Waals surface area contributed by atoms with E-state index in [4.69, 9.17) is 24.1 Å². The number of para-hydroxylation sites is 1. The zero-order valence-corrected chi connectivity index (χ0v) is 34.6. The third-order valence-corrected chi connectivity index (χ3v) is 13.7. The van der Waals surface area contributed by atoms with Crippen LogP contribution < -0.4 is 4.74 Å². The molecule has 0 N–H and O–H groups in total. The van der Waals surface area contributed by atoms with E-state index >= 15 is 0 Å². The maximum Gasteiger partial charge on any atom is 0.164 e. The number of hydrogen-bond donors (Lipinski definition) is 0. The monoisotopic (exact) mass is 825 g/mol. The van der Waals surface area contributed by atoms with Gasteiger partial charge in [-0.1, -0.05) is 140 Å². The Balaban J connectivity index is 0.906. The smallest absolute Gasteiger partial charge is 0.164 e. The predicted octanol–water partition coefficient (Wildman–Crippen LogP) is 15.0. The fraction of sp³-hybridized carbons (Fsp3) is 0.0351. The first-order valence-corrected chi connectivity index (χ1v) is 22.0. The molecule has 3 aromatic heterocycles. The van der Waals surface area contributed by atoms with Crippen molar-refractivity contribution in [3.8, 4) is 61.9 Å². The summed E-state index contributed by atoms with van der Waals surface area (Å²) >= 11 is 1.81. The van der Waals surface area contributed by atoms with E-state index in [0.717, 1.165) is 72.2 Å². The van der Waals surface area contributed by atoms with Crippen molar-refractivity contribution >= 4 is 59.0 Å². The number of benzene rings is 8. The Morgan fingerprint density at radius 2 is 1.02 bits per heavy atom. The van der Waals surface area contributed by atoms with Gasteiger partial charge in [0.25, 0.3) is 0 Å². The van der Waals surface area contributed by atoms with Gasteiger partial charge in [0.2, 0.25) is 0 Å². The summed E-state index contributed by atoms with van der Waals surface area (Å²) < 4.78 is 15.5. The van der Waals surface area contributed by atoms with E-state index in [1.807, 2.05) is 24.3 Å². The van der Waals surface area contributed by atoms with Crippen LogP contribution in [0.4, 0.5) is 0 Å². The highest BCUT2D eigenvalue weighted by Crippen LogP contribution is 2.49. The van der Waals surface area contributed by atoms with E-state index in [9.17, 15) is 0 Å². The molecule has 2 aliphatic rings. The van der Waals surface area contributed by atoms with Crippen LogP contribution in [0.2, 0.25) is 0 Å². The van der Waals surface area contributed by atoms with Gasteiger partial charge in [0.15, 0.2) is 17.5 Å². The first kappa shape index (κ1) is 35.8. The van der Waals surface area contributed by atoms with Gasteiger partial charge in [-0.2, -0.15) is 0 Å². The van der Waals surface area contributed by atoms with Gasteiger partial charge in [0.05, 0.1) is 5.92 Å². The van der Waals surface area contributed by atoms with Crippen LogP contribution in [0.1, 0.15) is 17.3 Å². The Hall–Kier alpha value is -7.93. The van der Waals surface area contributed by atoms with Gasteiger partial charge in [-0.05, 0) is 94.1 Å². The van der Waals surface area contributed by atoms with E-state index in [2.05, 4.69) is 176 Å². The lowest BCUT2D eigenvalue weighted by Gasteiger charge is -2.22. The first-order chi connectivity index (χ1) is 31.2. The van der Waals surface area contributed by atoms with E-state index in [1.54, 1.807) is 11.3 Å². The molecule has 63 heavy (non-hydrogen) atoms. The zero-order chi connectivity index (χ0) is 41.4. The van der Waals surface area contributed by atoms with E-state index < -0.39 is 0 Å². The standard InChI is InChI=1S/C57H35N3O2S/c1-2-10-34(11-3-1)35-20-22-36(23-21-35)37-12-8-13-40(30-37)55-58-56(41-26-29-53-47(31-41)44-15-5-7-19-52(44)63-53)60-57(59-55)46-16-9-18-49-54(46)45-28-25-39(33-51(45)62-49)38-24-27-43-42-14-4-6-17-48(42)61-50(43)32-38/h1-33,49,54H. The van der Waals surface area contributed by atoms with Crippen molar-refractivity contribution in [2.24, 2.45) is 0 Å². The number of fused-ring (bicyclic) bond motifs is 9. The van der Waals surface area contributed by atoms with Crippen molar-refractivity contribution < 1.29 is 9.15 Å². The lowest BCUT2D eigenvalue weighted by Crippen LogP contribution is -2.20. The average molecular weight is 826 g/mol. The Morgan fingerprint density at radius 1 is 0.413 bits per heavy atom. The molecule has 0 radical (unpaired) electrons. The van der Waals surface area contributed by atoms with Gasteiger partial charge in [-0.15, -0.1) is 11.3 Å². The van der Waals surface area contributed by atoms with Gasteiger partial charge in [0.1, 0.15) is 23.0 Å². The molecule has 1 aliphatic heterocycles. The van der Waals surface area contributed by atoms with Crippen molar-refractivity contribution in [2.45, 2.75) is 12.0 Å². The van der Waals surface area contributed by atoms with Crippen LogP contribution in [0, 0.1) is 0 Å². The minimum atomic E-state index is -0.201. The molecule has 0 bridgehead atoms. The molecule has 0 amide bonds. The summed E-state index contributed by atoms with van der Waals surface area (Å²) in [5.74, 6) is 2.65. The van der Waals surface area contributed by atoms with Crippen molar-refractivity contribution in [2.75, 3.05) is 0 Å². The average Bonchev–Trinajstić information content (AvgIpc) is 4.05. The lowest BCUT2D eigenvalue weighted by atomic mass is 9.83. The number of allylic oxidation sites excluding steroid dienone is 2. The van der Waals surface area contributed by atoms with Gasteiger partial charge in [0, 0.05) is 53.2 Å². The SMILES string of the molecule is C1=CC2Oc3cc(-c4ccc5c(c4)oc4ccccc45)ccc3C2C(c2nc(-c3cccc(-c4ccc(-c5ccccc5)cc4)c3)nc(-c3ccc4sc5ccccc5c4c3)n2)=C1. The van der Waals surface area contributed by atoms with Crippen LogP contribution in [0.5, 0.6) is 5.75 Å². The van der Waals surface area contributed by atoms with Crippen molar-refractivity contribution in [1.82, 2.24) is 15.0 Å². The molecule has 0 saturated heterocycles. The van der Waals surface area contributed by atoms with Crippen LogP contribution >= 0.6 is 11.3 Å². The van der Waals surface area contributed by atoms with E-state index in [1.165, 1.54) is 31.3 Å². The fourth-order valence-corrected chi connectivity index (χ4v) is 10.5. The molecule has 0 spiro atoms. The quantitative estimate of drug-likeness (QED) is 0.167. The van der Waals surface area contributed by atoms with Crippen molar-refractivity contribution in [3.63, 3.8) is 0 Å². The second-order valence-corrected chi connectivity index (χ2v) is 17.4. The van der Waals surface area contributed by atoms with E-state index in [-0.39, 0.29) is 12.0 Å². The predicted molar refractivity (Wildman–Crippen MR) is 258 cm³/mol. The van der Waals surface area contributed by atoms with Gasteiger partial charge < -0.3 is 9.15 Å². The summed E-state index contributed by atoms with van der Waals surface area (Å²) in [6.45, 7) is 0. The Morgan fingerprint density at radius 3 is 1.89 bits per heavy atom. The molecule has 1 aliphatic carbocycles. The molecule has 8 aromatic carbocycles. The summed E-state index contributed by atoms with van der Waals surface area (Å²) in [6, 6.07) is 64.1. The van der Waals surface area contributed by atoms with Crippen molar-refractivity contribution in [1.29, 1.82) is 0 Å². The van der Waals surface area contributed by atoms with Crippen molar-refractivity contribution in [3.05, 3.63) is 212 Å². The highest BCUT2D eigenvalue weighted by Gasteiger charge is 2.39. The van der Waals surface area contributed by atoms with E-state index in [0.29, 0.717) is 17.5 Å². The highest BCUT2D eigenvalue weighted by molar-refractivity contribution is 7.25. The topological polar surface area (TPSA) is 61.0 Å². The van der Waals surface area contributed by atoms with Crippen LogP contribution in [-0.2, 0) is 0 Å². The minimum absolute atomic E-state index is 0.0993. The van der Waals surface area contributed by atoms with Gasteiger partial charge >= 0.3 is 0 Å². The highest BCUT2D eigenvalue weighted by atomic mass is 32.1. The number of aromatic nitrogens is 3.